The number of halogens is 2. The topological polar surface area (TPSA) is 65.9 Å². The van der Waals surface area contributed by atoms with E-state index in [1.807, 2.05) is 31.2 Å². The van der Waals surface area contributed by atoms with Crippen molar-refractivity contribution in [3.8, 4) is 11.5 Å². The van der Waals surface area contributed by atoms with Crippen LogP contribution in [0.4, 0.5) is 0 Å². The molecule has 5 nitrogen and oxygen atoms in total. The van der Waals surface area contributed by atoms with Gasteiger partial charge < -0.3 is 20.5 Å². The normalized spacial score (nSPS) is 10.8. The summed E-state index contributed by atoms with van der Waals surface area (Å²) in [6.07, 6.45) is 0. The number of aliphatic imine (C=N–C) groups is 1. The van der Waals surface area contributed by atoms with E-state index in [2.05, 4.69) is 15.6 Å². The molecule has 0 aliphatic carbocycles. The van der Waals surface area contributed by atoms with Crippen molar-refractivity contribution in [2.45, 2.75) is 20.0 Å². The fraction of sp³-hybridized carbons (Fsp3) is 0.278. The third-order valence-electron chi connectivity index (χ3n) is 3.39. The van der Waals surface area contributed by atoms with Gasteiger partial charge in [0.1, 0.15) is 11.5 Å². The zero-order valence-corrected chi connectivity index (χ0v) is 17.3. The Morgan fingerprint density at radius 1 is 1.20 bits per heavy atom. The Balaban J connectivity index is 0.00000312. The molecule has 0 aromatic heterocycles. The lowest BCUT2D eigenvalue weighted by molar-refractivity contribution is 0.410. The van der Waals surface area contributed by atoms with Gasteiger partial charge in [-0.05, 0) is 42.8 Å². The first-order valence-corrected chi connectivity index (χ1v) is 8.12. The highest BCUT2D eigenvalue weighted by atomic mass is 127. The van der Waals surface area contributed by atoms with E-state index < -0.39 is 0 Å². The van der Waals surface area contributed by atoms with E-state index in [0.29, 0.717) is 29.8 Å². The molecule has 25 heavy (non-hydrogen) atoms. The Morgan fingerprint density at radius 3 is 2.68 bits per heavy atom. The second-order valence-electron chi connectivity index (χ2n) is 5.17. The molecule has 2 rings (SSSR count). The lowest BCUT2D eigenvalue weighted by Crippen LogP contribution is -2.36. The van der Waals surface area contributed by atoms with E-state index in [4.69, 9.17) is 16.3 Å². The molecule has 2 aromatic carbocycles. The van der Waals surface area contributed by atoms with Crippen LogP contribution in [0.15, 0.2) is 47.5 Å². The molecule has 0 spiro atoms. The molecule has 2 aromatic rings. The average molecular weight is 476 g/mol. The zero-order chi connectivity index (χ0) is 17.4. The van der Waals surface area contributed by atoms with Crippen molar-refractivity contribution in [2.24, 2.45) is 4.99 Å². The van der Waals surface area contributed by atoms with Crippen LogP contribution in [0, 0.1) is 0 Å². The first-order chi connectivity index (χ1) is 11.6. The summed E-state index contributed by atoms with van der Waals surface area (Å²) >= 11 is 5.99. The molecule has 0 aliphatic rings. The Kier molecular flexibility index (Phi) is 9.44. The molecule has 0 saturated heterocycles. The number of rotatable bonds is 6. The predicted octanol–water partition coefficient (Wildman–Crippen LogP) is 3.93. The Labute approximate surface area is 170 Å². The van der Waals surface area contributed by atoms with E-state index in [1.165, 1.54) is 0 Å². The minimum absolute atomic E-state index is 0. The van der Waals surface area contributed by atoms with E-state index >= 15 is 0 Å². The average Bonchev–Trinajstić information content (AvgIpc) is 2.58. The van der Waals surface area contributed by atoms with E-state index in [0.717, 1.165) is 17.7 Å². The Bertz CT molecular complexity index is 710. The van der Waals surface area contributed by atoms with Crippen molar-refractivity contribution >= 4 is 41.5 Å². The van der Waals surface area contributed by atoms with Crippen molar-refractivity contribution in [3.63, 3.8) is 0 Å². The second-order valence-corrected chi connectivity index (χ2v) is 5.61. The number of guanidine groups is 1. The highest BCUT2D eigenvalue weighted by Crippen LogP contribution is 2.22. The fourth-order valence-electron chi connectivity index (χ4n) is 2.16. The van der Waals surface area contributed by atoms with Gasteiger partial charge in [0.2, 0.25) is 0 Å². The largest absolute Gasteiger partial charge is 0.508 e. The van der Waals surface area contributed by atoms with Crippen molar-refractivity contribution in [1.29, 1.82) is 0 Å². The van der Waals surface area contributed by atoms with E-state index in [-0.39, 0.29) is 29.7 Å². The molecule has 0 saturated carbocycles. The van der Waals surface area contributed by atoms with Gasteiger partial charge in [0, 0.05) is 23.7 Å². The second kappa shape index (κ2) is 11.0. The van der Waals surface area contributed by atoms with E-state index in [1.54, 1.807) is 25.3 Å². The molecular weight excluding hydrogens is 453 g/mol. The van der Waals surface area contributed by atoms with Crippen LogP contribution in [0.25, 0.3) is 0 Å². The summed E-state index contributed by atoms with van der Waals surface area (Å²) in [6.45, 7) is 3.69. The Hall–Kier alpha value is -1.67. The first-order valence-electron chi connectivity index (χ1n) is 7.75. The summed E-state index contributed by atoms with van der Waals surface area (Å²) in [5.41, 5.74) is 1.77. The Morgan fingerprint density at radius 2 is 2.00 bits per heavy atom. The lowest BCUT2D eigenvalue weighted by Gasteiger charge is -2.13. The van der Waals surface area contributed by atoms with Gasteiger partial charge in [0.15, 0.2) is 5.96 Å². The van der Waals surface area contributed by atoms with Gasteiger partial charge >= 0.3 is 0 Å². The molecule has 0 radical (unpaired) electrons. The number of nitrogens with zero attached hydrogens (tertiary/aromatic N) is 1. The summed E-state index contributed by atoms with van der Waals surface area (Å²) in [7, 11) is 1.60. The molecular formula is C18H23ClIN3O2. The number of hydrogen-bond donors (Lipinski definition) is 3. The molecule has 3 N–H and O–H groups in total. The van der Waals surface area contributed by atoms with Crippen LogP contribution in [0.3, 0.4) is 0 Å². The maximum absolute atomic E-state index is 9.94. The number of methoxy groups -OCH3 is 1. The number of ether oxygens (including phenoxy) is 1. The van der Waals surface area contributed by atoms with Crippen molar-refractivity contribution in [2.75, 3.05) is 13.7 Å². The minimum Gasteiger partial charge on any atom is -0.508 e. The van der Waals surface area contributed by atoms with Crippen molar-refractivity contribution in [3.05, 3.63) is 58.6 Å². The van der Waals surface area contributed by atoms with Gasteiger partial charge in [-0.15, -0.1) is 24.0 Å². The minimum atomic E-state index is 0. The van der Waals surface area contributed by atoms with Crippen LogP contribution in [-0.2, 0) is 13.1 Å². The molecule has 136 valence electrons. The number of nitrogens with one attached hydrogen (secondary N) is 2. The molecule has 0 fully saturated rings. The van der Waals surface area contributed by atoms with E-state index in [9.17, 15) is 5.11 Å². The highest BCUT2D eigenvalue weighted by molar-refractivity contribution is 14.0. The molecule has 0 heterocycles. The van der Waals surface area contributed by atoms with Gasteiger partial charge in [0.25, 0.3) is 0 Å². The van der Waals surface area contributed by atoms with Crippen LogP contribution in [0.2, 0.25) is 5.02 Å². The smallest absolute Gasteiger partial charge is 0.191 e. The maximum atomic E-state index is 9.94. The van der Waals surface area contributed by atoms with Crippen LogP contribution >= 0.6 is 35.6 Å². The molecule has 0 aliphatic heterocycles. The molecule has 0 bridgehead atoms. The number of phenolic OH excluding ortho intramolecular Hbond substituents is 1. The summed E-state index contributed by atoms with van der Waals surface area (Å²) in [6, 6.07) is 12.7. The number of hydrogen-bond acceptors (Lipinski definition) is 3. The van der Waals surface area contributed by atoms with Crippen LogP contribution in [-0.4, -0.2) is 24.7 Å². The maximum Gasteiger partial charge on any atom is 0.191 e. The molecule has 0 atom stereocenters. The summed E-state index contributed by atoms with van der Waals surface area (Å²) in [5, 5.41) is 17.0. The van der Waals surface area contributed by atoms with Crippen molar-refractivity contribution < 1.29 is 9.84 Å². The van der Waals surface area contributed by atoms with Gasteiger partial charge in [-0.1, -0.05) is 23.7 Å². The quantitative estimate of drug-likeness (QED) is 0.336. The monoisotopic (exact) mass is 475 g/mol. The fourth-order valence-corrected chi connectivity index (χ4v) is 2.37. The highest BCUT2D eigenvalue weighted by Gasteiger charge is 2.05. The SMILES string of the molecule is CCNC(=NCc1cccc(Cl)c1)NCc1cc(OC)ccc1O.I. The summed E-state index contributed by atoms with van der Waals surface area (Å²) in [5.74, 6) is 1.58. The van der Waals surface area contributed by atoms with Gasteiger partial charge in [-0.25, -0.2) is 4.99 Å². The number of benzene rings is 2. The molecule has 7 heteroatoms. The van der Waals surface area contributed by atoms with Crippen LogP contribution in [0.5, 0.6) is 11.5 Å². The third-order valence-corrected chi connectivity index (χ3v) is 3.62. The summed E-state index contributed by atoms with van der Waals surface area (Å²) < 4.78 is 5.18. The molecule has 0 unspecified atom stereocenters. The van der Waals surface area contributed by atoms with Gasteiger partial charge in [-0.2, -0.15) is 0 Å². The standard InChI is InChI=1S/C18H22ClN3O2.HI/c1-3-20-18(21-11-13-5-4-6-15(19)9-13)22-12-14-10-16(24-2)7-8-17(14)23;/h4-10,23H,3,11-12H2,1-2H3,(H2,20,21,22);1H. The number of phenols is 1. The van der Waals surface area contributed by atoms with Crippen LogP contribution in [0.1, 0.15) is 18.1 Å². The third kappa shape index (κ3) is 6.99. The van der Waals surface area contributed by atoms with Gasteiger partial charge in [0.05, 0.1) is 13.7 Å². The van der Waals surface area contributed by atoms with Gasteiger partial charge in [-0.3, -0.25) is 0 Å². The lowest BCUT2D eigenvalue weighted by atomic mass is 10.2. The zero-order valence-electron chi connectivity index (χ0n) is 14.3. The first kappa shape index (κ1) is 21.4. The predicted molar refractivity (Wildman–Crippen MR) is 113 cm³/mol. The van der Waals surface area contributed by atoms with Crippen molar-refractivity contribution in [1.82, 2.24) is 10.6 Å². The van der Waals surface area contributed by atoms with Crippen LogP contribution < -0.4 is 15.4 Å². The number of aromatic hydroxyl groups is 1. The molecule has 0 amide bonds. The summed E-state index contributed by atoms with van der Waals surface area (Å²) in [4.78, 5) is 4.54.